The zero-order chi connectivity index (χ0) is 12.6. The van der Waals surface area contributed by atoms with Gasteiger partial charge in [-0.2, -0.15) is 0 Å². The smallest absolute Gasteiger partial charge is 0.243 e. The van der Waals surface area contributed by atoms with Crippen molar-refractivity contribution in [1.29, 1.82) is 0 Å². The second kappa shape index (κ2) is 4.15. The van der Waals surface area contributed by atoms with Crippen molar-refractivity contribution in [2.45, 2.75) is 13.3 Å². The Kier molecular flexibility index (Phi) is 2.96. The van der Waals surface area contributed by atoms with E-state index in [1.54, 1.807) is 6.07 Å². The third-order valence-electron chi connectivity index (χ3n) is 2.24. The predicted molar refractivity (Wildman–Crippen MR) is 65.8 cm³/mol. The highest BCUT2D eigenvalue weighted by Gasteiger charge is 2.14. The average molecular weight is 275 g/mol. The molecule has 2 aromatic rings. The largest absolute Gasteiger partial charge is 0.251 e. The standard InChI is InChI=1S/C9H11ClN4O2S/c1-3-6-4-5-7(10)14-8(6)11-12-9(14)13-17(2,15)16/h4-5H,3H2,1-2H3,(H,12,13). The van der Waals surface area contributed by atoms with Gasteiger partial charge in [0, 0.05) is 0 Å². The lowest BCUT2D eigenvalue weighted by Gasteiger charge is -2.05. The van der Waals surface area contributed by atoms with Crippen molar-refractivity contribution in [2.75, 3.05) is 11.0 Å². The molecule has 6 nitrogen and oxygen atoms in total. The fourth-order valence-corrected chi connectivity index (χ4v) is 2.21. The molecule has 92 valence electrons. The number of aryl methyl sites for hydroxylation is 1. The number of hydrogen-bond acceptors (Lipinski definition) is 4. The minimum Gasteiger partial charge on any atom is -0.251 e. The molecular formula is C9H11ClN4O2S. The van der Waals surface area contributed by atoms with Crippen LogP contribution >= 0.6 is 11.6 Å². The predicted octanol–water partition coefficient (Wildman–Crippen LogP) is 1.32. The first-order valence-corrected chi connectivity index (χ1v) is 7.19. The van der Waals surface area contributed by atoms with E-state index >= 15 is 0 Å². The van der Waals surface area contributed by atoms with E-state index in [1.807, 2.05) is 13.0 Å². The maximum atomic E-state index is 11.2. The Balaban J connectivity index is 2.67. The summed E-state index contributed by atoms with van der Waals surface area (Å²) in [7, 11) is -3.41. The number of aromatic nitrogens is 3. The van der Waals surface area contributed by atoms with Crippen LogP contribution in [-0.4, -0.2) is 29.3 Å². The molecule has 0 saturated carbocycles. The molecular weight excluding hydrogens is 264 g/mol. The Labute approximate surface area is 104 Å². The van der Waals surface area contributed by atoms with Gasteiger partial charge in [-0.1, -0.05) is 24.6 Å². The van der Waals surface area contributed by atoms with Crippen LogP contribution in [0.3, 0.4) is 0 Å². The van der Waals surface area contributed by atoms with Crippen LogP contribution in [0.4, 0.5) is 5.95 Å². The Morgan fingerprint density at radius 3 is 2.71 bits per heavy atom. The van der Waals surface area contributed by atoms with Crippen molar-refractivity contribution in [3.05, 3.63) is 22.8 Å². The molecule has 0 aliphatic heterocycles. The number of pyridine rings is 1. The average Bonchev–Trinajstić information content (AvgIpc) is 2.61. The van der Waals surface area contributed by atoms with Crippen LogP contribution in [0.2, 0.25) is 5.15 Å². The van der Waals surface area contributed by atoms with Crippen molar-refractivity contribution in [2.24, 2.45) is 0 Å². The molecule has 0 aromatic carbocycles. The molecule has 2 rings (SSSR count). The highest BCUT2D eigenvalue weighted by atomic mass is 35.5. The van der Waals surface area contributed by atoms with Crippen molar-refractivity contribution in [1.82, 2.24) is 14.6 Å². The molecule has 8 heteroatoms. The summed E-state index contributed by atoms with van der Waals surface area (Å²) in [5.41, 5.74) is 1.51. The summed E-state index contributed by atoms with van der Waals surface area (Å²) in [6.45, 7) is 1.97. The SMILES string of the molecule is CCc1ccc(Cl)n2c(NS(C)(=O)=O)nnc12. The Bertz CT molecular complexity index is 665. The maximum absolute atomic E-state index is 11.2. The number of hydrogen-bond donors (Lipinski definition) is 1. The summed E-state index contributed by atoms with van der Waals surface area (Å²) in [6, 6.07) is 3.53. The highest BCUT2D eigenvalue weighted by molar-refractivity contribution is 7.91. The minimum absolute atomic E-state index is 0.0998. The van der Waals surface area contributed by atoms with Gasteiger partial charge in [0.05, 0.1) is 6.26 Å². The van der Waals surface area contributed by atoms with Gasteiger partial charge in [-0.05, 0) is 18.1 Å². The van der Waals surface area contributed by atoms with Crippen LogP contribution in [0.15, 0.2) is 12.1 Å². The monoisotopic (exact) mass is 274 g/mol. The molecule has 0 radical (unpaired) electrons. The third kappa shape index (κ3) is 2.34. The van der Waals surface area contributed by atoms with E-state index in [-0.39, 0.29) is 5.95 Å². The molecule has 0 unspecified atom stereocenters. The lowest BCUT2D eigenvalue weighted by atomic mass is 10.2. The van der Waals surface area contributed by atoms with Gasteiger partial charge in [0.25, 0.3) is 0 Å². The van der Waals surface area contributed by atoms with Crippen LogP contribution in [0, 0.1) is 0 Å². The molecule has 0 fully saturated rings. The van der Waals surface area contributed by atoms with Crippen LogP contribution in [-0.2, 0) is 16.4 Å². The minimum atomic E-state index is -3.41. The van der Waals surface area contributed by atoms with E-state index in [1.165, 1.54) is 4.40 Å². The highest BCUT2D eigenvalue weighted by Crippen LogP contribution is 2.21. The van der Waals surface area contributed by atoms with Crippen molar-refractivity contribution < 1.29 is 8.42 Å². The van der Waals surface area contributed by atoms with Crippen LogP contribution in [0.25, 0.3) is 5.65 Å². The summed E-state index contributed by atoms with van der Waals surface area (Å²) < 4.78 is 26.1. The molecule has 0 aliphatic carbocycles. The van der Waals surface area contributed by atoms with Gasteiger partial charge in [0.2, 0.25) is 16.0 Å². The Morgan fingerprint density at radius 2 is 2.12 bits per heavy atom. The van der Waals surface area contributed by atoms with Gasteiger partial charge >= 0.3 is 0 Å². The van der Waals surface area contributed by atoms with Gasteiger partial charge in [-0.3, -0.25) is 9.12 Å². The van der Waals surface area contributed by atoms with Crippen LogP contribution in [0.5, 0.6) is 0 Å². The number of rotatable bonds is 3. The lowest BCUT2D eigenvalue weighted by Crippen LogP contribution is -2.12. The summed E-state index contributed by atoms with van der Waals surface area (Å²) in [4.78, 5) is 0. The van der Waals surface area contributed by atoms with Crippen molar-refractivity contribution in [3.63, 3.8) is 0 Å². The summed E-state index contributed by atoms with van der Waals surface area (Å²) in [5, 5.41) is 8.08. The van der Waals surface area contributed by atoms with Gasteiger partial charge in [0.15, 0.2) is 5.65 Å². The Morgan fingerprint density at radius 1 is 1.41 bits per heavy atom. The van der Waals surface area contributed by atoms with Crippen LogP contribution < -0.4 is 4.72 Å². The number of sulfonamides is 1. The van der Waals surface area contributed by atoms with E-state index in [2.05, 4.69) is 14.9 Å². The van der Waals surface area contributed by atoms with Gasteiger partial charge in [-0.25, -0.2) is 8.42 Å². The van der Waals surface area contributed by atoms with Gasteiger partial charge in [0.1, 0.15) is 5.15 Å². The fourth-order valence-electron chi connectivity index (χ4n) is 1.52. The molecule has 0 spiro atoms. The number of nitrogens with one attached hydrogen (secondary N) is 1. The van der Waals surface area contributed by atoms with Crippen molar-refractivity contribution >= 4 is 33.2 Å². The summed E-state index contributed by atoms with van der Waals surface area (Å²) in [6.07, 6.45) is 1.81. The first kappa shape index (κ1) is 12.1. The number of fused-ring (bicyclic) bond motifs is 1. The number of nitrogens with zero attached hydrogens (tertiary/aromatic N) is 3. The second-order valence-electron chi connectivity index (χ2n) is 3.59. The summed E-state index contributed by atoms with van der Waals surface area (Å²) >= 11 is 6.01. The molecule has 0 amide bonds. The molecule has 2 aromatic heterocycles. The topological polar surface area (TPSA) is 76.4 Å². The van der Waals surface area contributed by atoms with Gasteiger partial charge < -0.3 is 0 Å². The molecule has 0 atom stereocenters. The quantitative estimate of drug-likeness (QED) is 0.857. The van der Waals surface area contributed by atoms with E-state index < -0.39 is 10.0 Å². The van der Waals surface area contributed by atoms with E-state index in [0.717, 1.165) is 18.2 Å². The Hall–Kier alpha value is -1.34. The zero-order valence-electron chi connectivity index (χ0n) is 9.31. The molecule has 0 saturated heterocycles. The number of anilines is 1. The second-order valence-corrected chi connectivity index (χ2v) is 5.73. The molecule has 0 aliphatic rings. The van der Waals surface area contributed by atoms with Crippen LogP contribution in [0.1, 0.15) is 12.5 Å². The number of halogens is 1. The van der Waals surface area contributed by atoms with E-state index in [0.29, 0.717) is 10.8 Å². The molecule has 0 bridgehead atoms. The molecule has 1 N–H and O–H groups in total. The molecule has 17 heavy (non-hydrogen) atoms. The lowest BCUT2D eigenvalue weighted by molar-refractivity contribution is 0.606. The zero-order valence-corrected chi connectivity index (χ0v) is 10.9. The fraction of sp³-hybridized carbons (Fsp3) is 0.333. The molecule has 2 heterocycles. The van der Waals surface area contributed by atoms with Crippen molar-refractivity contribution in [3.8, 4) is 0 Å². The normalized spacial score (nSPS) is 11.9. The first-order chi connectivity index (χ1) is 7.92. The van der Waals surface area contributed by atoms with E-state index in [9.17, 15) is 8.42 Å². The first-order valence-electron chi connectivity index (χ1n) is 4.92. The van der Waals surface area contributed by atoms with Gasteiger partial charge in [-0.15, -0.1) is 10.2 Å². The third-order valence-corrected chi connectivity index (χ3v) is 3.09. The van der Waals surface area contributed by atoms with E-state index in [4.69, 9.17) is 11.6 Å². The maximum Gasteiger partial charge on any atom is 0.243 e. The summed E-state index contributed by atoms with van der Waals surface area (Å²) in [5.74, 6) is 0.0998.